The Morgan fingerprint density at radius 2 is 1.44 bits per heavy atom. The molecule has 10 heteroatoms. The molecular formula is C22H31N7O3. The van der Waals surface area contributed by atoms with Crippen molar-refractivity contribution in [2.45, 2.75) is 25.7 Å². The summed E-state index contributed by atoms with van der Waals surface area (Å²) < 4.78 is 5.35. The van der Waals surface area contributed by atoms with E-state index in [1.165, 1.54) is 25.7 Å². The van der Waals surface area contributed by atoms with Gasteiger partial charge in [-0.2, -0.15) is 9.97 Å². The molecule has 3 saturated heterocycles. The first kappa shape index (κ1) is 21.0. The summed E-state index contributed by atoms with van der Waals surface area (Å²) >= 11 is 0. The molecule has 32 heavy (non-hydrogen) atoms. The van der Waals surface area contributed by atoms with Crippen molar-refractivity contribution in [2.24, 2.45) is 0 Å². The lowest BCUT2D eigenvalue weighted by molar-refractivity contribution is 0.122. The zero-order valence-corrected chi connectivity index (χ0v) is 18.4. The highest BCUT2D eigenvalue weighted by Crippen LogP contribution is 2.25. The zero-order valence-electron chi connectivity index (χ0n) is 18.4. The van der Waals surface area contributed by atoms with Gasteiger partial charge in [-0.05, 0) is 25.7 Å². The molecule has 2 aromatic rings. The van der Waals surface area contributed by atoms with Gasteiger partial charge in [0, 0.05) is 58.4 Å². The first-order valence-electron chi connectivity index (χ1n) is 11.7. The van der Waals surface area contributed by atoms with Gasteiger partial charge in [-0.3, -0.25) is 9.59 Å². The van der Waals surface area contributed by atoms with Crippen LogP contribution in [0.3, 0.4) is 0 Å². The minimum atomic E-state index is -0.429. The van der Waals surface area contributed by atoms with Gasteiger partial charge in [-0.1, -0.05) is 0 Å². The smallest absolute Gasteiger partial charge is 0.253 e. The first-order valence-corrected chi connectivity index (χ1v) is 11.7. The highest BCUT2D eigenvalue weighted by Gasteiger charge is 2.27. The Morgan fingerprint density at radius 1 is 0.781 bits per heavy atom. The van der Waals surface area contributed by atoms with Crippen LogP contribution in [0, 0.1) is 0 Å². The van der Waals surface area contributed by atoms with Gasteiger partial charge in [0.2, 0.25) is 5.95 Å². The minimum absolute atomic E-state index is 0.399. The van der Waals surface area contributed by atoms with Gasteiger partial charge >= 0.3 is 0 Å². The summed E-state index contributed by atoms with van der Waals surface area (Å²) in [7, 11) is 0. The molecular weight excluding hydrogens is 410 g/mol. The second-order valence-electron chi connectivity index (χ2n) is 8.63. The highest BCUT2D eigenvalue weighted by molar-refractivity contribution is 5.75. The number of nitrogens with zero attached hydrogens (tertiary/aromatic N) is 5. The number of hydrogen-bond donors (Lipinski definition) is 2. The van der Waals surface area contributed by atoms with Gasteiger partial charge in [0.05, 0.1) is 13.2 Å². The van der Waals surface area contributed by atoms with E-state index < -0.39 is 10.9 Å². The maximum absolute atomic E-state index is 12.1. The van der Waals surface area contributed by atoms with Crippen molar-refractivity contribution in [3.8, 4) is 0 Å². The first-order chi connectivity index (χ1) is 15.7. The van der Waals surface area contributed by atoms with Crippen molar-refractivity contribution in [1.29, 1.82) is 0 Å². The molecule has 0 aliphatic carbocycles. The number of ether oxygens (including phenoxy) is 1. The Hall–Kier alpha value is -2.88. The monoisotopic (exact) mass is 441 g/mol. The van der Waals surface area contributed by atoms with Crippen molar-refractivity contribution in [3.05, 3.63) is 26.5 Å². The van der Waals surface area contributed by atoms with Crippen LogP contribution in [0.5, 0.6) is 0 Å². The third-order valence-corrected chi connectivity index (χ3v) is 6.47. The molecule has 0 atom stereocenters. The Morgan fingerprint density at radius 3 is 2.16 bits per heavy atom. The molecule has 1 aromatic carbocycles. The highest BCUT2D eigenvalue weighted by atomic mass is 16.5. The van der Waals surface area contributed by atoms with Gasteiger partial charge < -0.3 is 30.1 Å². The minimum Gasteiger partial charge on any atom is -0.378 e. The van der Waals surface area contributed by atoms with Gasteiger partial charge in [-0.15, -0.1) is 0 Å². The van der Waals surface area contributed by atoms with Crippen LogP contribution < -0.4 is 36.2 Å². The zero-order chi connectivity index (χ0) is 21.9. The standard InChI is InChI=1S/C22H31N7O3/c30-20-18(19(21(20)31)28-11-13-32-14-12-28)24-6-5-23-16-15-17(27-7-1-2-8-27)26-22(25-16)29-9-3-4-10-29/h15,24H,1-14H2,(H,23,25,26). The molecule has 4 heterocycles. The third-order valence-electron chi connectivity index (χ3n) is 6.47. The van der Waals surface area contributed by atoms with E-state index in [0.29, 0.717) is 50.8 Å². The summed E-state index contributed by atoms with van der Waals surface area (Å²) in [5.41, 5.74) is 0.106. The molecule has 1 aromatic heterocycles. The topological polar surface area (TPSA) is 103 Å². The molecule has 0 unspecified atom stereocenters. The van der Waals surface area contributed by atoms with E-state index in [9.17, 15) is 9.59 Å². The van der Waals surface area contributed by atoms with E-state index in [0.717, 1.165) is 43.8 Å². The van der Waals surface area contributed by atoms with Crippen LogP contribution in [0.1, 0.15) is 25.7 Å². The molecule has 0 amide bonds. The predicted molar refractivity (Wildman–Crippen MR) is 126 cm³/mol. The van der Waals surface area contributed by atoms with Crippen LogP contribution in [0.15, 0.2) is 15.7 Å². The molecule has 3 fully saturated rings. The number of anilines is 5. The Bertz CT molecular complexity index is 967. The number of hydrogen-bond acceptors (Lipinski definition) is 10. The second kappa shape index (κ2) is 9.32. The SMILES string of the molecule is O=c1c(NCCNc2cc(N3CCCC3)nc(N3CCCC3)n2)c(N2CCOCC2)c1=O. The number of nitrogens with one attached hydrogen (secondary N) is 2. The van der Waals surface area contributed by atoms with Crippen LogP contribution in [-0.2, 0) is 4.74 Å². The van der Waals surface area contributed by atoms with Crippen LogP contribution in [-0.4, -0.2) is 75.5 Å². The number of rotatable bonds is 8. The normalized spacial score (nSPS) is 19.2. The molecule has 0 spiro atoms. The van der Waals surface area contributed by atoms with Crippen molar-refractivity contribution >= 4 is 29.0 Å². The van der Waals surface area contributed by atoms with Gasteiger partial charge in [0.15, 0.2) is 0 Å². The molecule has 172 valence electrons. The average molecular weight is 442 g/mol. The Labute approximate surface area is 187 Å². The van der Waals surface area contributed by atoms with Crippen molar-refractivity contribution in [3.63, 3.8) is 0 Å². The predicted octanol–water partition coefficient (Wildman–Crippen LogP) is 0.634. The lowest BCUT2D eigenvalue weighted by Gasteiger charge is -2.30. The Kier molecular flexibility index (Phi) is 6.11. The van der Waals surface area contributed by atoms with Gasteiger partial charge in [0.25, 0.3) is 10.9 Å². The average Bonchev–Trinajstić information content (AvgIpc) is 3.55. The second-order valence-corrected chi connectivity index (χ2v) is 8.63. The van der Waals surface area contributed by atoms with E-state index in [4.69, 9.17) is 14.7 Å². The van der Waals surface area contributed by atoms with E-state index in [2.05, 4.69) is 20.4 Å². The van der Waals surface area contributed by atoms with Crippen LogP contribution >= 0.6 is 0 Å². The summed E-state index contributed by atoms with van der Waals surface area (Å²) in [5.74, 6) is 2.57. The fourth-order valence-corrected chi connectivity index (χ4v) is 4.69. The van der Waals surface area contributed by atoms with Gasteiger partial charge in [-0.25, -0.2) is 0 Å². The molecule has 0 saturated carbocycles. The van der Waals surface area contributed by atoms with E-state index >= 15 is 0 Å². The van der Waals surface area contributed by atoms with E-state index in [1.54, 1.807) is 0 Å². The summed E-state index contributed by atoms with van der Waals surface area (Å²) in [6.45, 7) is 7.59. The molecule has 5 rings (SSSR count). The largest absolute Gasteiger partial charge is 0.378 e. The van der Waals surface area contributed by atoms with Crippen LogP contribution in [0.4, 0.5) is 29.0 Å². The van der Waals surface area contributed by atoms with Gasteiger partial charge in [0.1, 0.15) is 23.0 Å². The lowest BCUT2D eigenvalue weighted by atomic mass is 10.1. The molecule has 3 aliphatic heterocycles. The summed E-state index contributed by atoms with van der Waals surface area (Å²) in [5, 5.41) is 6.53. The summed E-state index contributed by atoms with van der Waals surface area (Å²) in [4.78, 5) is 40.3. The maximum Gasteiger partial charge on any atom is 0.253 e. The molecule has 0 bridgehead atoms. The molecule has 0 radical (unpaired) electrons. The van der Waals surface area contributed by atoms with Crippen LogP contribution in [0.2, 0.25) is 0 Å². The van der Waals surface area contributed by atoms with Crippen molar-refractivity contribution in [2.75, 3.05) is 90.9 Å². The maximum atomic E-state index is 12.1. The summed E-state index contributed by atoms with van der Waals surface area (Å²) in [6.07, 6.45) is 4.75. The number of morpholine rings is 1. The van der Waals surface area contributed by atoms with E-state index in [1.807, 2.05) is 11.0 Å². The quantitative estimate of drug-likeness (QED) is 0.448. The fourth-order valence-electron chi connectivity index (χ4n) is 4.69. The lowest BCUT2D eigenvalue weighted by Crippen LogP contribution is -2.47. The van der Waals surface area contributed by atoms with Crippen molar-refractivity contribution in [1.82, 2.24) is 9.97 Å². The van der Waals surface area contributed by atoms with Crippen LogP contribution in [0.25, 0.3) is 0 Å². The Balaban J connectivity index is 1.23. The number of aromatic nitrogens is 2. The summed E-state index contributed by atoms with van der Waals surface area (Å²) in [6, 6.07) is 2.02. The molecule has 3 aliphatic rings. The van der Waals surface area contributed by atoms with Crippen molar-refractivity contribution < 1.29 is 4.74 Å². The fraction of sp³-hybridized carbons (Fsp3) is 0.636. The molecule has 10 nitrogen and oxygen atoms in total. The third kappa shape index (κ3) is 4.23. The van der Waals surface area contributed by atoms with E-state index in [-0.39, 0.29) is 0 Å². The molecule has 2 N–H and O–H groups in total.